The Bertz CT molecular complexity index is 468. The first-order valence-electron chi connectivity index (χ1n) is 5.01. The summed E-state index contributed by atoms with van der Waals surface area (Å²) in [5.41, 5.74) is 8.52. The predicted octanol–water partition coefficient (Wildman–Crippen LogP) is 1.90. The minimum absolute atomic E-state index is 0.105. The number of benzene rings is 1. The molecule has 1 aromatic heterocycles. The molecule has 0 bridgehead atoms. The molecule has 0 spiro atoms. The first-order valence-corrected chi connectivity index (χ1v) is 5.01. The molecule has 0 unspecified atom stereocenters. The zero-order valence-corrected chi connectivity index (χ0v) is 7.96. The molecule has 0 amide bonds. The summed E-state index contributed by atoms with van der Waals surface area (Å²) in [6, 6.07) is 6.23. The van der Waals surface area contributed by atoms with Gasteiger partial charge in [-0.3, -0.25) is 5.10 Å². The van der Waals surface area contributed by atoms with Crippen molar-refractivity contribution in [3.8, 4) is 0 Å². The molecule has 1 aliphatic carbocycles. The highest BCUT2D eigenvalue weighted by Crippen LogP contribution is 2.40. The lowest BCUT2D eigenvalue weighted by Crippen LogP contribution is -2.43. The molecule has 14 heavy (non-hydrogen) atoms. The third kappa shape index (κ3) is 0.930. The van der Waals surface area contributed by atoms with Gasteiger partial charge in [0.05, 0.1) is 11.7 Å². The first kappa shape index (κ1) is 8.00. The molecule has 2 aromatic rings. The molecule has 0 aliphatic heterocycles. The van der Waals surface area contributed by atoms with Crippen LogP contribution in [0.15, 0.2) is 24.4 Å². The molecule has 1 aliphatic rings. The van der Waals surface area contributed by atoms with E-state index in [1.54, 1.807) is 0 Å². The summed E-state index contributed by atoms with van der Waals surface area (Å²) in [5, 5.41) is 8.24. The van der Waals surface area contributed by atoms with Gasteiger partial charge in [0, 0.05) is 10.9 Å². The summed E-state index contributed by atoms with van der Waals surface area (Å²) in [4.78, 5) is 0. The third-order valence-corrected chi connectivity index (χ3v) is 3.26. The number of rotatable bonds is 1. The lowest BCUT2D eigenvalue weighted by Gasteiger charge is -2.38. The topological polar surface area (TPSA) is 54.7 Å². The zero-order valence-electron chi connectivity index (χ0n) is 7.96. The van der Waals surface area contributed by atoms with Crippen molar-refractivity contribution in [2.75, 3.05) is 0 Å². The van der Waals surface area contributed by atoms with Crippen molar-refractivity contribution in [3.63, 3.8) is 0 Å². The van der Waals surface area contributed by atoms with Crippen molar-refractivity contribution < 1.29 is 0 Å². The number of H-pyrrole nitrogens is 1. The largest absolute Gasteiger partial charge is 0.321 e. The van der Waals surface area contributed by atoms with Crippen LogP contribution >= 0.6 is 0 Å². The van der Waals surface area contributed by atoms with Crippen LogP contribution < -0.4 is 5.73 Å². The van der Waals surface area contributed by atoms with E-state index < -0.39 is 0 Å². The number of para-hydroxylation sites is 1. The molecule has 1 fully saturated rings. The molecule has 0 radical (unpaired) electrons. The van der Waals surface area contributed by atoms with Gasteiger partial charge in [0.2, 0.25) is 0 Å². The molecule has 3 rings (SSSR count). The maximum absolute atomic E-state index is 6.30. The first-order chi connectivity index (χ1) is 6.80. The molecule has 3 heteroatoms. The fourth-order valence-corrected chi connectivity index (χ4v) is 2.21. The van der Waals surface area contributed by atoms with Crippen molar-refractivity contribution in [1.82, 2.24) is 10.2 Å². The van der Waals surface area contributed by atoms with E-state index in [9.17, 15) is 0 Å². The smallest absolute Gasteiger partial charge is 0.0700 e. The molecular weight excluding hydrogens is 174 g/mol. The maximum Gasteiger partial charge on any atom is 0.0700 e. The van der Waals surface area contributed by atoms with Crippen LogP contribution in [0.2, 0.25) is 0 Å². The molecule has 0 saturated heterocycles. The van der Waals surface area contributed by atoms with Gasteiger partial charge in [-0.05, 0) is 24.8 Å². The van der Waals surface area contributed by atoms with Crippen LogP contribution in [-0.2, 0) is 5.54 Å². The Balaban J connectivity index is 2.24. The van der Waals surface area contributed by atoms with E-state index in [0.717, 1.165) is 23.7 Å². The normalized spacial score (nSPS) is 19.5. The van der Waals surface area contributed by atoms with Crippen molar-refractivity contribution >= 4 is 10.9 Å². The summed E-state index contributed by atoms with van der Waals surface area (Å²) < 4.78 is 0. The van der Waals surface area contributed by atoms with E-state index in [0.29, 0.717) is 0 Å². The second-order valence-electron chi connectivity index (χ2n) is 4.15. The molecule has 3 nitrogen and oxygen atoms in total. The summed E-state index contributed by atoms with van der Waals surface area (Å²) >= 11 is 0. The second kappa shape index (κ2) is 2.58. The van der Waals surface area contributed by atoms with Gasteiger partial charge >= 0.3 is 0 Å². The lowest BCUT2D eigenvalue weighted by atomic mass is 9.72. The summed E-state index contributed by atoms with van der Waals surface area (Å²) in [6.45, 7) is 0. The van der Waals surface area contributed by atoms with Crippen LogP contribution in [0.4, 0.5) is 0 Å². The van der Waals surface area contributed by atoms with Gasteiger partial charge in [0.1, 0.15) is 0 Å². The highest BCUT2D eigenvalue weighted by molar-refractivity contribution is 5.82. The Morgan fingerprint density at radius 2 is 2.21 bits per heavy atom. The molecule has 1 aromatic carbocycles. The number of nitrogens with two attached hydrogens (primary N) is 1. The van der Waals surface area contributed by atoms with Gasteiger partial charge in [-0.2, -0.15) is 5.10 Å². The van der Waals surface area contributed by atoms with Crippen molar-refractivity contribution in [2.45, 2.75) is 24.8 Å². The maximum atomic E-state index is 6.30. The highest BCUT2D eigenvalue weighted by atomic mass is 15.1. The Kier molecular flexibility index (Phi) is 1.47. The van der Waals surface area contributed by atoms with Crippen molar-refractivity contribution in [3.05, 3.63) is 30.0 Å². The zero-order chi connectivity index (χ0) is 9.60. The summed E-state index contributed by atoms with van der Waals surface area (Å²) in [6.07, 6.45) is 5.26. The van der Waals surface area contributed by atoms with Gasteiger partial charge < -0.3 is 5.73 Å². The lowest BCUT2D eigenvalue weighted by molar-refractivity contribution is 0.255. The van der Waals surface area contributed by atoms with Crippen LogP contribution in [0, 0.1) is 0 Å². The van der Waals surface area contributed by atoms with E-state index in [-0.39, 0.29) is 5.54 Å². The van der Waals surface area contributed by atoms with Crippen LogP contribution in [0.5, 0.6) is 0 Å². The number of fused-ring (bicyclic) bond motifs is 1. The fourth-order valence-electron chi connectivity index (χ4n) is 2.21. The Morgan fingerprint density at radius 1 is 1.36 bits per heavy atom. The SMILES string of the molecule is NC1(c2cccc3cn[nH]c23)CCC1. The average molecular weight is 187 g/mol. The summed E-state index contributed by atoms with van der Waals surface area (Å²) in [5.74, 6) is 0. The van der Waals surface area contributed by atoms with Crippen molar-refractivity contribution in [2.24, 2.45) is 5.73 Å². The molecule has 1 heterocycles. The number of aromatic amines is 1. The molecular formula is C11H13N3. The minimum atomic E-state index is -0.105. The predicted molar refractivity (Wildman–Crippen MR) is 55.8 cm³/mol. The third-order valence-electron chi connectivity index (χ3n) is 3.26. The average Bonchev–Trinajstić information content (AvgIpc) is 2.61. The molecule has 3 N–H and O–H groups in total. The fraction of sp³-hybridized carbons (Fsp3) is 0.364. The number of nitrogens with one attached hydrogen (secondary N) is 1. The Morgan fingerprint density at radius 3 is 2.93 bits per heavy atom. The van der Waals surface area contributed by atoms with Gasteiger partial charge in [0.25, 0.3) is 0 Å². The number of hydrogen-bond acceptors (Lipinski definition) is 2. The molecule has 1 saturated carbocycles. The van der Waals surface area contributed by atoms with E-state index >= 15 is 0 Å². The number of nitrogens with zero attached hydrogens (tertiary/aromatic N) is 1. The number of hydrogen-bond donors (Lipinski definition) is 2. The Hall–Kier alpha value is -1.35. The van der Waals surface area contributed by atoms with E-state index in [2.05, 4.69) is 28.4 Å². The van der Waals surface area contributed by atoms with Gasteiger partial charge in [-0.15, -0.1) is 0 Å². The standard InChI is InChI=1S/C11H13N3/c12-11(5-2-6-11)9-4-1-3-8-7-13-14-10(8)9/h1,3-4,7H,2,5-6,12H2,(H,13,14). The van der Waals surface area contributed by atoms with Crippen LogP contribution in [0.25, 0.3) is 10.9 Å². The minimum Gasteiger partial charge on any atom is -0.321 e. The van der Waals surface area contributed by atoms with Crippen LogP contribution in [0.3, 0.4) is 0 Å². The summed E-state index contributed by atoms with van der Waals surface area (Å²) in [7, 11) is 0. The van der Waals surface area contributed by atoms with Crippen molar-refractivity contribution in [1.29, 1.82) is 0 Å². The monoisotopic (exact) mass is 187 g/mol. The van der Waals surface area contributed by atoms with E-state index in [4.69, 9.17) is 5.73 Å². The van der Waals surface area contributed by atoms with Crippen LogP contribution in [0.1, 0.15) is 24.8 Å². The number of aromatic nitrogens is 2. The highest BCUT2D eigenvalue weighted by Gasteiger charge is 2.35. The van der Waals surface area contributed by atoms with Gasteiger partial charge in [-0.1, -0.05) is 18.2 Å². The van der Waals surface area contributed by atoms with Gasteiger partial charge in [0.15, 0.2) is 0 Å². The molecule has 0 atom stereocenters. The van der Waals surface area contributed by atoms with E-state index in [1.165, 1.54) is 12.0 Å². The second-order valence-corrected chi connectivity index (χ2v) is 4.15. The quantitative estimate of drug-likeness (QED) is 0.716. The molecule has 72 valence electrons. The van der Waals surface area contributed by atoms with E-state index in [1.807, 2.05) is 6.20 Å². The van der Waals surface area contributed by atoms with Crippen LogP contribution in [-0.4, -0.2) is 10.2 Å². The Labute approximate surface area is 82.3 Å². The van der Waals surface area contributed by atoms with Gasteiger partial charge in [-0.25, -0.2) is 0 Å².